The van der Waals surface area contributed by atoms with Crippen LogP contribution in [0.1, 0.15) is 29.5 Å². The van der Waals surface area contributed by atoms with Crippen molar-refractivity contribution in [2.45, 2.75) is 25.6 Å². The molecule has 0 bridgehead atoms. The standard InChI is InChI=1S/C24H21F5N2O3S/c1-14(16-8-9-22(21(26)10-16)31(2)35(33)34)23(32)30-13-19-18(15-6-4-3-5-7-15)11-17(12-20(19)25)24(27,28)29/h3-12,14H,13H2,1-2H3,(H,30,32)(H,33,34)/p-1. The number of carbonyl (C=O) groups excluding carboxylic acids is 1. The molecular formula is C24H20F5N2O3S-. The lowest BCUT2D eigenvalue weighted by molar-refractivity contribution is -0.137. The minimum absolute atomic E-state index is 0.0186. The van der Waals surface area contributed by atoms with Gasteiger partial charge in [0.1, 0.15) is 11.6 Å². The number of hydrogen-bond donors (Lipinski definition) is 1. The summed E-state index contributed by atoms with van der Waals surface area (Å²) in [5, 5.41) is 2.49. The normalized spacial score (nSPS) is 13.3. The molecule has 0 saturated carbocycles. The Morgan fingerprint density at radius 3 is 2.29 bits per heavy atom. The van der Waals surface area contributed by atoms with Gasteiger partial charge in [-0.25, -0.2) is 8.78 Å². The number of nitrogens with one attached hydrogen (secondary N) is 1. The fourth-order valence-corrected chi connectivity index (χ4v) is 3.77. The van der Waals surface area contributed by atoms with Gasteiger partial charge in [0.05, 0.1) is 17.2 Å². The van der Waals surface area contributed by atoms with Crippen LogP contribution in [0.25, 0.3) is 11.1 Å². The molecule has 35 heavy (non-hydrogen) atoms. The zero-order valence-electron chi connectivity index (χ0n) is 18.5. The molecule has 1 N–H and O–H groups in total. The van der Waals surface area contributed by atoms with E-state index in [0.29, 0.717) is 15.9 Å². The van der Waals surface area contributed by atoms with Crippen molar-refractivity contribution in [2.75, 3.05) is 11.4 Å². The zero-order chi connectivity index (χ0) is 25.9. The Labute approximate surface area is 201 Å². The van der Waals surface area contributed by atoms with E-state index in [1.807, 2.05) is 0 Å². The van der Waals surface area contributed by atoms with Crippen LogP contribution in [-0.4, -0.2) is 21.7 Å². The van der Waals surface area contributed by atoms with Gasteiger partial charge < -0.3 is 14.2 Å². The van der Waals surface area contributed by atoms with Crippen molar-refractivity contribution in [2.24, 2.45) is 0 Å². The maximum atomic E-state index is 14.8. The minimum atomic E-state index is -4.76. The summed E-state index contributed by atoms with van der Waals surface area (Å²) >= 11 is -2.69. The van der Waals surface area contributed by atoms with Gasteiger partial charge in [0.15, 0.2) is 0 Å². The van der Waals surface area contributed by atoms with Crippen molar-refractivity contribution in [3.63, 3.8) is 0 Å². The van der Waals surface area contributed by atoms with Crippen LogP contribution in [-0.2, 0) is 28.8 Å². The average molecular weight is 511 g/mol. The number of hydrogen-bond acceptors (Lipinski definition) is 3. The topological polar surface area (TPSA) is 72.5 Å². The van der Waals surface area contributed by atoms with E-state index in [2.05, 4.69) is 5.32 Å². The average Bonchev–Trinajstić information content (AvgIpc) is 2.81. The summed E-state index contributed by atoms with van der Waals surface area (Å²) in [6.45, 7) is 1.05. The molecule has 3 aromatic rings. The van der Waals surface area contributed by atoms with E-state index in [0.717, 1.165) is 19.2 Å². The highest BCUT2D eigenvalue weighted by Crippen LogP contribution is 2.35. The first-order valence-corrected chi connectivity index (χ1v) is 11.3. The predicted octanol–water partition coefficient (Wildman–Crippen LogP) is 5.30. The molecule has 0 heterocycles. The second kappa shape index (κ2) is 10.5. The third-order valence-electron chi connectivity index (χ3n) is 5.47. The molecule has 0 spiro atoms. The SMILES string of the molecule is CC(C(=O)NCc1c(F)cc(C(F)(F)F)cc1-c1ccccc1)c1ccc(N(C)S(=O)[O-])c(F)c1. The van der Waals surface area contributed by atoms with E-state index in [1.54, 1.807) is 18.2 Å². The maximum absolute atomic E-state index is 14.8. The molecule has 0 aliphatic heterocycles. The van der Waals surface area contributed by atoms with E-state index in [1.165, 1.54) is 31.2 Å². The van der Waals surface area contributed by atoms with Crippen molar-refractivity contribution >= 4 is 22.9 Å². The lowest BCUT2D eigenvalue weighted by Crippen LogP contribution is -2.28. The Kier molecular flexibility index (Phi) is 7.91. The summed E-state index contributed by atoms with van der Waals surface area (Å²) in [4.78, 5) is 12.7. The van der Waals surface area contributed by atoms with Crippen LogP contribution in [0.5, 0.6) is 0 Å². The molecule has 0 fully saturated rings. The second-order valence-corrected chi connectivity index (χ2v) is 8.69. The van der Waals surface area contributed by atoms with Gasteiger partial charge in [0.25, 0.3) is 0 Å². The first-order valence-electron chi connectivity index (χ1n) is 10.3. The number of rotatable bonds is 7. The van der Waals surface area contributed by atoms with Crippen molar-refractivity contribution < 1.29 is 35.5 Å². The number of amides is 1. The molecule has 3 aromatic carbocycles. The number of carbonyl (C=O) groups is 1. The molecule has 1 amide bonds. The van der Waals surface area contributed by atoms with Crippen LogP contribution >= 0.6 is 0 Å². The number of alkyl halides is 3. The smallest absolute Gasteiger partial charge is 0.416 e. The van der Waals surface area contributed by atoms with Gasteiger partial charge in [-0.3, -0.25) is 9.00 Å². The van der Waals surface area contributed by atoms with Crippen LogP contribution in [0.3, 0.4) is 0 Å². The van der Waals surface area contributed by atoms with Gasteiger partial charge in [-0.1, -0.05) is 36.4 Å². The van der Waals surface area contributed by atoms with Gasteiger partial charge in [0, 0.05) is 30.4 Å². The summed E-state index contributed by atoms with van der Waals surface area (Å²) in [5.41, 5.74) is -0.955. The van der Waals surface area contributed by atoms with E-state index < -0.39 is 53.0 Å². The van der Waals surface area contributed by atoms with Gasteiger partial charge in [-0.2, -0.15) is 13.2 Å². The number of halogens is 5. The molecule has 2 unspecified atom stereocenters. The highest BCUT2D eigenvalue weighted by molar-refractivity contribution is 7.80. The van der Waals surface area contributed by atoms with Crippen LogP contribution in [0, 0.1) is 11.6 Å². The van der Waals surface area contributed by atoms with Crippen molar-refractivity contribution in [3.05, 3.63) is 89.0 Å². The summed E-state index contributed by atoms with van der Waals surface area (Å²) in [7, 11) is 1.15. The van der Waals surface area contributed by atoms with E-state index in [9.17, 15) is 35.5 Å². The van der Waals surface area contributed by atoms with Crippen LogP contribution in [0.15, 0.2) is 60.7 Å². The Hall–Kier alpha value is -3.31. The van der Waals surface area contributed by atoms with Crippen LogP contribution < -0.4 is 9.62 Å². The van der Waals surface area contributed by atoms with Crippen LogP contribution in [0.4, 0.5) is 27.6 Å². The number of benzene rings is 3. The maximum Gasteiger partial charge on any atom is 0.416 e. The first-order chi connectivity index (χ1) is 16.4. The highest BCUT2D eigenvalue weighted by atomic mass is 32.2. The molecule has 2 atom stereocenters. The molecule has 0 aliphatic carbocycles. The fourth-order valence-electron chi connectivity index (χ4n) is 3.46. The lowest BCUT2D eigenvalue weighted by Gasteiger charge is -2.22. The Balaban J connectivity index is 1.86. The molecule has 0 aliphatic rings. The Morgan fingerprint density at radius 2 is 1.71 bits per heavy atom. The summed E-state index contributed by atoms with van der Waals surface area (Å²) in [6.07, 6.45) is -4.76. The Morgan fingerprint density at radius 1 is 1.06 bits per heavy atom. The summed E-state index contributed by atoms with van der Waals surface area (Å²) in [6, 6.07) is 12.7. The monoisotopic (exact) mass is 511 g/mol. The van der Waals surface area contributed by atoms with E-state index in [4.69, 9.17) is 0 Å². The van der Waals surface area contributed by atoms with Crippen molar-refractivity contribution in [1.82, 2.24) is 5.32 Å². The molecule has 0 radical (unpaired) electrons. The van der Waals surface area contributed by atoms with E-state index in [-0.39, 0.29) is 22.4 Å². The van der Waals surface area contributed by atoms with Crippen LogP contribution in [0.2, 0.25) is 0 Å². The molecule has 0 aromatic heterocycles. The summed E-state index contributed by atoms with van der Waals surface area (Å²) in [5.74, 6) is -3.54. The number of nitrogens with zero attached hydrogens (tertiary/aromatic N) is 1. The number of anilines is 1. The predicted molar refractivity (Wildman–Crippen MR) is 121 cm³/mol. The highest BCUT2D eigenvalue weighted by Gasteiger charge is 2.32. The van der Waals surface area contributed by atoms with Gasteiger partial charge in [-0.05, 0) is 47.9 Å². The third kappa shape index (κ3) is 6.04. The molecule has 11 heteroatoms. The zero-order valence-corrected chi connectivity index (χ0v) is 19.3. The molecule has 186 valence electrons. The molecular weight excluding hydrogens is 491 g/mol. The third-order valence-corrected chi connectivity index (χ3v) is 6.12. The fraction of sp³-hybridized carbons (Fsp3) is 0.208. The minimum Gasteiger partial charge on any atom is -0.755 e. The Bertz CT molecular complexity index is 1250. The summed E-state index contributed by atoms with van der Waals surface area (Å²) < 4.78 is 91.7. The molecule has 5 nitrogen and oxygen atoms in total. The van der Waals surface area contributed by atoms with Gasteiger partial charge in [0.2, 0.25) is 5.91 Å². The quantitative estimate of drug-likeness (QED) is 0.346. The van der Waals surface area contributed by atoms with Crippen molar-refractivity contribution in [1.29, 1.82) is 0 Å². The first kappa shape index (κ1) is 26.3. The molecule has 3 rings (SSSR count). The van der Waals surface area contributed by atoms with Gasteiger partial charge >= 0.3 is 6.18 Å². The molecule has 0 saturated heterocycles. The van der Waals surface area contributed by atoms with E-state index >= 15 is 0 Å². The van der Waals surface area contributed by atoms with Gasteiger partial charge in [-0.15, -0.1) is 0 Å². The van der Waals surface area contributed by atoms with Crippen molar-refractivity contribution in [3.8, 4) is 11.1 Å². The largest absolute Gasteiger partial charge is 0.755 e. The lowest BCUT2D eigenvalue weighted by atomic mass is 9.95. The second-order valence-electron chi connectivity index (χ2n) is 7.71.